The Hall–Kier alpha value is -0.860. The highest BCUT2D eigenvalue weighted by atomic mass is 16.5. The molecule has 0 spiro atoms. The second-order valence-electron chi connectivity index (χ2n) is 7.26. The van der Waals surface area contributed by atoms with Gasteiger partial charge >= 0.3 is 0 Å². The lowest BCUT2D eigenvalue weighted by Gasteiger charge is -2.42. The molecule has 0 unspecified atom stereocenters. The van der Waals surface area contributed by atoms with Gasteiger partial charge in [0.1, 0.15) is 0 Å². The molecule has 0 aliphatic heterocycles. The molecule has 1 aliphatic carbocycles. The molecule has 2 N–H and O–H groups in total. The van der Waals surface area contributed by atoms with Gasteiger partial charge in [-0.3, -0.25) is 0 Å². The van der Waals surface area contributed by atoms with Crippen LogP contribution < -0.4 is 5.73 Å². The van der Waals surface area contributed by atoms with Crippen LogP contribution in [0.1, 0.15) is 56.2 Å². The fraction of sp³-hybridized carbons (Fsp3) is 0.667. The zero-order chi connectivity index (χ0) is 14.8. The molecule has 0 saturated heterocycles. The first-order chi connectivity index (χ1) is 9.36. The van der Waals surface area contributed by atoms with E-state index in [0.717, 1.165) is 12.8 Å². The lowest BCUT2D eigenvalue weighted by Crippen LogP contribution is -2.45. The molecule has 2 nitrogen and oxygen atoms in total. The van der Waals surface area contributed by atoms with Gasteiger partial charge in [-0.15, -0.1) is 0 Å². The summed E-state index contributed by atoms with van der Waals surface area (Å²) >= 11 is 0. The molecule has 0 aromatic heterocycles. The van der Waals surface area contributed by atoms with Crippen molar-refractivity contribution in [1.82, 2.24) is 0 Å². The molecule has 0 atom stereocenters. The zero-order valence-corrected chi connectivity index (χ0v) is 13.5. The first-order valence-electron chi connectivity index (χ1n) is 7.76. The van der Waals surface area contributed by atoms with Crippen LogP contribution in [0.25, 0.3) is 0 Å². The van der Waals surface area contributed by atoms with Crippen LogP contribution in [0.5, 0.6) is 0 Å². The predicted octanol–water partition coefficient (Wildman–Crippen LogP) is 4.12. The maximum Gasteiger partial charge on any atom is 0.0809 e. The van der Waals surface area contributed by atoms with Crippen molar-refractivity contribution in [2.45, 2.75) is 65.6 Å². The van der Waals surface area contributed by atoms with Crippen LogP contribution in [0.4, 0.5) is 0 Å². The summed E-state index contributed by atoms with van der Waals surface area (Å²) in [4.78, 5) is 0. The van der Waals surface area contributed by atoms with E-state index < -0.39 is 0 Å². The third-order valence-corrected chi connectivity index (χ3v) is 5.00. The van der Waals surface area contributed by atoms with Crippen LogP contribution in [-0.4, -0.2) is 12.1 Å². The number of ether oxygens (including phenoxy) is 1. The first kappa shape index (κ1) is 15.5. The van der Waals surface area contributed by atoms with E-state index in [9.17, 15) is 0 Å². The van der Waals surface area contributed by atoms with E-state index in [1.165, 1.54) is 29.5 Å². The average molecular weight is 275 g/mol. The summed E-state index contributed by atoms with van der Waals surface area (Å²) in [7, 11) is 0. The Morgan fingerprint density at radius 1 is 1.05 bits per heavy atom. The minimum Gasteiger partial charge on any atom is -0.369 e. The Morgan fingerprint density at radius 3 is 2.25 bits per heavy atom. The van der Waals surface area contributed by atoms with Gasteiger partial charge < -0.3 is 10.5 Å². The van der Waals surface area contributed by atoms with E-state index in [2.05, 4.69) is 45.9 Å². The average Bonchev–Trinajstić information content (AvgIpc) is 2.42. The molecule has 1 aromatic carbocycles. The van der Waals surface area contributed by atoms with Crippen molar-refractivity contribution in [2.24, 2.45) is 11.1 Å². The van der Waals surface area contributed by atoms with E-state index in [1.54, 1.807) is 0 Å². The molecule has 0 amide bonds. The molecule has 2 rings (SSSR count). The van der Waals surface area contributed by atoms with E-state index in [1.807, 2.05) is 0 Å². The highest BCUT2D eigenvalue weighted by Crippen LogP contribution is 2.41. The number of rotatable bonds is 4. The van der Waals surface area contributed by atoms with Crippen molar-refractivity contribution < 1.29 is 4.74 Å². The van der Waals surface area contributed by atoms with E-state index in [-0.39, 0.29) is 5.60 Å². The van der Waals surface area contributed by atoms with Gasteiger partial charge in [0.2, 0.25) is 0 Å². The first-order valence-corrected chi connectivity index (χ1v) is 7.76. The molecular weight excluding hydrogens is 246 g/mol. The molecule has 112 valence electrons. The lowest BCUT2D eigenvalue weighted by atomic mass is 9.71. The maximum absolute atomic E-state index is 6.27. The van der Waals surface area contributed by atoms with Crippen LogP contribution in [0.2, 0.25) is 0 Å². The predicted molar refractivity (Wildman–Crippen MR) is 84.7 cm³/mol. The maximum atomic E-state index is 6.27. The molecule has 0 bridgehead atoms. The molecule has 20 heavy (non-hydrogen) atoms. The summed E-state index contributed by atoms with van der Waals surface area (Å²) in [5.41, 5.74) is 10.3. The van der Waals surface area contributed by atoms with Crippen molar-refractivity contribution in [3.63, 3.8) is 0 Å². The zero-order valence-electron chi connectivity index (χ0n) is 13.5. The minimum atomic E-state index is -0.103. The normalized spacial score (nSPS) is 20.9. The van der Waals surface area contributed by atoms with Crippen molar-refractivity contribution in [2.75, 3.05) is 6.54 Å². The van der Waals surface area contributed by atoms with Gasteiger partial charge in [-0.2, -0.15) is 0 Å². The summed E-state index contributed by atoms with van der Waals surface area (Å²) in [6, 6.07) is 6.57. The van der Waals surface area contributed by atoms with Gasteiger partial charge in [-0.1, -0.05) is 32.0 Å². The number of benzene rings is 1. The number of hydrogen-bond acceptors (Lipinski definition) is 2. The number of hydrogen-bond donors (Lipinski definition) is 1. The SMILES string of the molecule is Cc1ccc(COC2(CN)CCC(C)(C)CC2)cc1C. The largest absolute Gasteiger partial charge is 0.369 e. The lowest BCUT2D eigenvalue weighted by molar-refractivity contribution is -0.0904. The molecule has 1 saturated carbocycles. The monoisotopic (exact) mass is 275 g/mol. The quantitative estimate of drug-likeness (QED) is 0.897. The summed E-state index contributed by atoms with van der Waals surface area (Å²) in [5, 5.41) is 0. The summed E-state index contributed by atoms with van der Waals surface area (Å²) in [6.45, 7) is 10.3. The van der Waals surface area contributed by atoms with Crippen molar-refractivity contribution >= 4 is 0 Å². The molecule has 2 heteroatoms. The van der Waals surface area contributed by atoms with Crippen molar-refractivity contribution in [1.29, 1.82) is 0 Å². The molecule has 1 fully saturated rings. The summed E-state index contributed by atoms with van der Waals surface area (Å²) < 4.78 is 6.27. The van der Waals surface area contributed by atoms with Crippen molar-refractivity contribution in [3.05, 3.63) is 34.9 Å². The topological polar surface area (TPSA) is 35.2 Å². The van der Waals surface area contributed by atoms with Gasteiger partial charge in [-0.25, -0.2) is 0 Å². The van der Waals surface area contributed by atoms with Crippen LogP contribution in [0.3, 0.4) is 0 Å². The van der Waals surface area contributed by atoms with E-state index in [4.69, 9.17) is 10.5 Å². The number of aryl methyl sites for hydroxylation is 2. The molecule has 0 radical (unpaired) electrons. The molecule has 1 aromatic rings. The Bertz CT molecular complexity index is 454. The fourth-order valence-electron chi connectivity index (χ4n) is 2.92. The summed E-state index contributed by atoms with van der Waals surface area (Å²) in [6.07, 6.45) is 4.58. The molecule has 0 heterocycles. The van der Waals surface area contributed by atoms with Gasteiger partial charge in [0.05, 0.1) is 12.2 Å². The standard InChI is InChI=1S/C18H29NO/c1-14-5-6-16(11-15(14)2)12-20-18(13-19)9-7-17(3,4)8-10-18/h5-6,11H,7-10,12-13,19H2,1-4H3. The van der Waals surface area contributed by atoms with Gasteiger partial charge in [0.15, 0.2) is 0 Å². The van der Waals surface area contributed by atoms with Crippen LogP contribution in [0, 0.1) is 19.3 Å². The molecule has 1 aliphatic rings. The highest BCUT2D eigenvalue weighted by molar-refractivity contribution is 5.29. The number of nitrogens with two attached hydrogens (primary N) is 1. The van der Waals surface area contributed by atoms with Gasteiger partial charge in [0.25, 0.3) is 0 Å². The van der Waals surface area contributed by atoms with E-state index >= 15 is 0 Å². The Balaban J connectivity index is 1.99. The Kier molecular flexibility index (Phi) is 4.55. The second-order valence-corrected chi connectivity index (χ2v) is 7.26. The highest BCUT2D eigenvalue weighted by Gasteiger charge is 2.38. The van der Waals surface area contributed by atoms with Crippen molar-refractivity contribution in [3.8, 4) is 0 Å². The minimum absolute atomic E-state index is 0.103. The smallest absolute Gasteiger partial charge is 0.0809 e. The van der Waals surface area contributed by atoms with Gasteiger partial charge in [0, 0.05) is 6.54 Å². The third-order valence-electron chi connectivity index (χ3n) is 5.00. The molecular formula is C18H29NO. The Morgan fingerprint density at radius 2 is 1.70 bits per heavy atom. The van der Waals surface area contributed by atoms with Crippen LogP contribution >= 0.6 is 0 Å². The van der Waals surface area contributed by atoms with E-state index in [0.29, 0.717) is 18.6 Å². The Labute approximate surface area is 123 Å². The van der Waals surface area contributed by atoms with Crippen LogP contribution in [0.15, 0.2) is 18.2 Å². The van der Waals surface area contributed by atoms with Gasteiger partial charge in [-0.05, 0) is 61.6 Å². The second kappa shape index (κ2) is 5.87. The summed E-state index contributed by atoms with van der Waals surface area (Å²) in [5.74, 6) is 0. The van der Waals surface area contributed by atoms with Crippen LogP contribution in [-0.2, 0) is 11.3 Å². The fourth-order valence-corrected chi connectivity index (χ4v) is 2.92. The third kappa shape index (κ3) is 3.62.